The van der Waals surface area contributed by atoms with Gasteiger partial charge in [0.15, 0.2) is 6.04 Å². The van der Waals surface area contributed by atoms with E-state index in [0.717, 1.165) is 35.4 Å². The van der Waals surface area contributed by atoms with Gasteiger partial charge < -0.3 is 19.2 Å². The van der Waals surface area contributed by atoms with Crippen LogP contribution in [-0.2, 0) is 22.4 Å². The molecule has 1 amide bonds. The summed E-state index contributed by atoms with van der Waals surface area (Å²) >= 11 is 0. The van der Waals surface area contributed by atoms with Crippen LogP contribution in [0.4, 0.5) is 0 Å². The molecule has 1 aliphatic heterocycles. The van der Waals surface area contributed by atoms with E-state index >= 15 is 0 Å². The number of amides is 1. The molecular weight excluding hydrogens is 468 g/mol. The van der Waals surface area contributed by atoms with Gasteiger partial charge in [-0.05, 0) is 61.8 Å². The number of carbonyl (C=O) groups is 2. The van der Waals surface area contributed by atoms with Crippen molar-refractivity contribution < 1.29 is 23.8 Å². The number of benzene rings is 1. The molecule has 0 saturated heterocycles. The molecule has 1 aromatic heterocycles. The Balaban J connectivity index is 1.44. The first-order valence-electron chi connectivity index (χ1n) is 13.0. The fourth-order valence-corrected chi connectivity index (χ4v) is 5.30. The Labute approximate surface area is 218 Å². The summed E-state index contributed by atoms with van der Waals surface area (Å²) in [6, 6.07) is 4.43. The molecule has 1 aromatic carbocycles. The molecule has 1 fully saturated rings. The molecule has 0 spiro atoms. The fraction of sp³-hybridized carbons (Fsp3) is 0.433. The molecule has 1 saturated carbocycles. The van der Waals surface area contributed by atoms with Crippen LogP contribution in [0.5, 0.6) is 5.75 Å². The molecule has 2 aliphatic rings. The van der Waals surface area contributed by atoms with E-state index in [-0.39, 0.29) is 11.3 Å². The van der Waals surface area contributed by atoms with Crippen molar-refractivity contribution in [3.8, 4) is 5.75 Å². The van der Waals surface area contributed by atoms with Crippen molar-refractivity contribution in [3.63, 3.8) is 0 Å². The number of aliphatic carboxylic acids is 1. The summed E-state index contributed by atoms with van der Waals surface area (Å²) in [5.74, 6) is 0.551. The van der Waals surface area contributed by atoms with E-state index in [2.05, 4.69) is 13.5 Å². The number of carboxylic acids is 1. The van der Waals surface area contributed by atoms with Crippen LogP contribution in [0.15, 0.2) is 53.5 Å². The van der Waals surface area contributed by atoms with Crippen LogP contribution in [0.25, 0.3) is 5.57 Å². The van der Waals surface area contributed by atoms with E-state index in [9.17, 15) is 14.7 Å². The van der Waals surface area contributed by atoms with Crippen LogP contribution in [0.3, 0.4) is 0 Å². The maximum Gasteiger partial charge on any atom is 0.331 e. The van der Waals surface area contributed by atoms with E-state index < -0.39 is 12.0 Å². The molecule has 0 radical (unpaired) electrons. The number of nitrogens with zero attached hydrogens (tertiary/aromatic N) is 2. The van der Waals surface area contributed by atoms with Gasteiger partial charge in [-0.3, -0.25) is 4.79 Å². The quantitative estimate of drug-likeness (QED) is 0.341. The molecule has 7 nitrogen and oxygen atoms in total. The average Bonchev–Trinajstić information content (AvgIpc) is 3.49. The molecule has 1 unspecified atom stereocenters. The minimum absolute atomic E-state index is 0.0482. The minimum Gasteiger partial charge on any atom is -0.493 e. The third-order valence-corrected chi connectivity index (χ3v) is 7.60. The van der Waals surface area contributed by atoms with Crippen molar-refractivity contribution in [1.82, 2.24) is 9.88 Å². The minimum atomic E-state index is -1.06. The highest BCUT2D eigenvalue weighted by Gasteiger charge is 2.36. The number of aryl methyl sites for hydroxylation is 1. The number of hydrogen-bond donors (Lipinski definition) is 1. The van der Waals surface area contributed by atoms with Gasteiger partial charge in [0, 0.05) is 24.6 Å². The molecule has 0 bridgehead atoms. The van der Waals surface area contributed by atoms with E-state index in [1.807, 2.05) is 26.0 Å². The Hall–Kier alpha value is -3.61. The lowest BCUT2D eigenvalue weighted by Gasteiger charge is -2.34. The molecular formula is C30H36N2O5. The maximum atomic E-state index is 12.7. The van der Waals surface area contributed by atoms with Gasteiger partial charge >= 0.3 is 5.97 Å². The van der Waals surface area contributed by atoms with Crippen LogP contribution in [0.1, 0.15) is 74.0 Å². The number of oxazole rings is 1. The second kappa shape index (κ2) is 11.2. The number of fused-ring (bicyclic) bond motifs is 1. The number of rotatable bonds is 9. The summed E-state index contributed by atoms with van der Waals surface area (Å²) in [6.07, 6.45) is 12.3. The number of allylic oxidation sites excluding steroid dienone is 4. The zero-order valence-corrected chi connectivity index (χ0v) is 22.0. The summed E-state index contributed by atoms with van der Waals surface area (Å²) in [4.78, 5) is 31.0. The van der Waals surface area contributed by atoms with Gasteiger partial charge in [-0.15, -0.1) is 0 Å². The zero-order valence-electron chi connectivity index (χ0n) is 22.0. The molecule has 1 aliphatic carbocycles. The van der Waals surface area contributed by atoms with Crippen LogP contribution in [-0.4, -0.2) is 40.0 Å². The van der Waals surface area contributed by atoms with Crippen molar-refractivity contribution in [1.29, 1.82) is 0 Å². The largest absolute Gasteiger partial charge is 0.493 e. The highest BCUT2D eigenvalue weighted by Crippen LogP contribution is 2.47. The van der Waals surface area contributed by atoms with Gasteiger partial charge in [-0.25, -0.2) is 9.78 Å². The van der Waals surface area contributed by atoms with Gasteiger partial charge in [0.2, 0.25) is 11.8 Å². The Morgan fingerprint density at radius 1 is 1.30 bits per heavy atom. The van der Waals surface area contributed by atoms with E-state index in [4.69, 9.17) is 14.1 Å². The molecule has 37 heavy (non-hydrogen) atoms. The third kappa shape index (κ3) is 5.71. The smallest absolute Gasteiger partial charge is 0.331 e. The summed E-state index contributed by atoms with van der Waals surface area (Å²) in [6.45, 7) is 11.0. The second-order valence-electron chi connectivity index (χ2n) is 10.1. The molecule has 1 atom stereocenters. The number of carbonyl (C=O) groups excluding carboxylic acids is 1. The first-order valence-corrected chi connectivity index (χ1v) is 13.0. The van der Waals surface area contributed by atoms with Gasteiger partial charge in [0.1, 0.15) is 11.5 Å². The normalized spacial score (nSPS) is 18.9. The predicted molar refractivity (Wildman–Crippen MR) is 142 cm³/mol. The lowest BCUT2D eigenvalue weighted by molar-refractivity contribution is -0.149. The lowest BCUT2D eigenvalue weighted by Crippen LogP contribution is -2.42. The molecule has 2 aromatic rings. The summed E-state index contributed by atoms with van der Waals surface area (Å²) < 4.78 is 12.0. The lowest BCUT2D eigenvalue weighted by atomic mass is 9.81. The highest BCUT2D eigenvalue weighted by atomic mass is 16.5. The molecule has 196 valence electrons. The Morgan fingerprint density at radius 2 is 2.05 bits per heavy atom. The van der Waals surface area contributed by atoms with Crippen LogP contribution in [0.2, 0.25) is 0 Å². The molecule has 4 rings (SSSR count). The number of aromatic nitrogens is 1. The van der Waals surface area contributed by atoms with Crippen molar-refractivity contribution in [2.75, 3.05) is 13.2 Å². The predicted octanol–water partition coefficient (Wildman–Crippen LogP) is 5.84. The van der Waals surface area contributed by atoms with Crippen LogP contribution >= 0.6 is 0 Å². The molecule has 1 N–H and O–H groups in total. The average molecular weight is 505 g/mol. The van der Waals surface area contributed by atoms with Crippen molar-refractivity contribution >= 4 is 17.4 Å². The molecule has 2 heterocycles. The van der Waals surface area contributed by atoms with Crippen molar-refractivity contribution in [2.45, 2.75) is 65.3 Å². The van der Waals surface area contributed by atoms with E-state index in [1.165, 1.54) is 23.8 Å². The van der Waals surface area contributed by atoms with E-state index in [1.54, 1.807) is 24.3 Å². The van der Waals surface area contributed by atoms with Crippen molar-refractivity contribution in [2.24, 2.45) is 5.41 Å². The maximum absolute atomic E-state index is 12.7. The number of ether oxygens (including phenoxy) is 1. The summed E-state index contributed by atoms with van der Waals surface area (Å²) in [5, 5.41) is 9.97. The van der Waals surface area contributed by atoms with Crippen molar-refractivity contribution in [3.05, 3.63) is 77.6 Å². The second-order valence-corrected chi connectivity index (χ2v) is 10.1. The summed E-state index contributed by atoms with van der Waals surface area (Å²) in [5.41, 5.74) is 3.35. The van der Waals surface area contributed by atoms with Gasteiger partial charge in [0.25, 0.3) is 0 Å². The Kier molecular flexibility index (Phi) is 8.00. The van der Waals surface area contributed by atoms with Gasteiger partial charge in [-0.1, -0.05) is 50.6 Å². The fourth-order valence-electron chi connectivity index (χ4n) is 5.30. The standard InChI is InChI=1S/C30H36N2O5/c1-5-6-7-10-26(33)32-17-13-22-11-12-23(19-24(22)27(32)29(34)35)36-18-14-25-21(3)37-28(31-25)20(2)30(4)15-8-9-16-30/h5-7,10-12,19,27H,2,8-9,13-18H2,1,3-4H3,(H,34,35). The van der Waals surface area contributed by atoms with E-state index in [0.29, 0.717) is 43.2 Å². The molecule has 7 heteroatoms. The highest BCUT2D eigenvalue weighted by molar-refractivity contribution is 5.92. The van der Waals surface area contributed by atoms with Crippen LogP contribution < -0.4 is 4.74 Å². The summed E-state index contributed by atoms with van der Waals surface area (Å²) in [7, 11) is 0. The number of hydrogen-bond acceptors (Lipinski definition) is 5. The zero-order chi connectivity index (χ0) is 26.6. The third-order valence-electron chi connectivity index (χ3n) is 7.60. The van der Waals surface area contributed by atoms with Gasteiger partial charge in [-0.2, -0.15) is 0 Å². The monoisotopic (exact) mass is 504 g/mol. The first kappa shape index (κ1) is 26.5. The SMILES string of the molecule is C=C(c1nc(CCOc2ccc3c(c2)C(C(=O)O)N(C(=O)C=CC=CC)CC3)c(C)o1)C1(C)CCCC1. The Bertz CT molecular complexity index is 1230. The Morgan fingerprint density at radius 3 is 2.76 bits per heavy atom. The topological polar surface area (TPSA) is 92.9 Å². The number of carboxylic acid groups (broad SMARTS) is 1. The van der Waals surface area contributed by atoms with Gasteiger partial charge in [0.05, 0.1) is 12.3 Å². The first-order chi connectivity index (χ1) is 17.7. The van der Waals surface area contributed by atoms with Crippen LogP contribution in [0, 0.1) is 12.3 Å².